The fraction of sp³-hybridized carbons (Fsp3) is 0.632. The van der Waals surface area contributed by atoms with Gasteiger partial charge in [0.05, 0.1) is 16.8 Å². The fourth-order valence-corrected chi connectivity index (χ4v) is 5.64. The van der Waals surface area contributed by atoms with Crippen molar-refractivity contribution in [2.24, 2.45) is 0 Å². The van der Waals surface area contributed by atoms with Crippen LogP contribution in [-0.4, -0.2) is 54.6 Å². The van der Waals surface area contributed by atoms with E-state index < -0.39 is 10.0 Å². The largest absolute Gasteiger partial charge is 0.334 e. The Hall–Kier alpha value is -1.58. The summed E-state index contributed by atoms with van der Waals surface area (Å²) in [6.07, 6.45) is 6.18. The summed E-state index contributed by atoms with van der Waals surface area (Å²) in [6, 6.07) is -0.116. The molecule has 1 atom stereocenters. The van der Waals surface area contributed by atoms with Gasteiger partial charge in [-0.15, -0.1) is 11.3 Å². The number of thiophene rings is 1. The number of hydrogen-bond donors (Lipinski definition) is 1. The molecule has 0 radical (unpaired) electrons. The number of sulfonamides is 1. The van der Waals surface area contributed by atoms with Crippen molar-refractivity contribution in [1.29, 1.82) is 0 Å². The summed E-state index contributed by atoms with van der Waals surface area (Å²) >= 11 is 1.44. The third-order valence-electron chi connectivity index (χ3n) is 5.59. The molecule has 1 aliphatic carbocycles. The summed E-state index contributed by atoms with van der Waals surface area (Å²) in [5.41, 5.74) is 1.87. The Bertz CT molecular complexity index is 1030. The second-order valence-electron chi connectivity index (χ2n) is 7.95. The topological polar surface area (TPSA) is 92.3 Å². The van der Waals surface area contributed by atoms with E-state index in [1.54, 1.807) is 0 Å². The zero-order valence-corrected chi connectivity index (χ0v) is 18.1. The van der Waals surface area contributed by atoms with Crippen LogP contribution in [0.5, 0.6) is 0 Å². The van der Waals surface area contributed by atoms with Gasteiger partial charge >= 0.3 is 0 Å². The summed E-state index contributed by atoms with van der Waals surface area (Å²) in [5.74, 6) is 1.35. The predicted octanol–water partition coefficient (Wildman–Crippen LogP) is 2.73. The monoisotopic (exact) mass is 422 g/mol. The Morgan fingerprint density at radius 1 is 1.21 bits per heavy atom. The number of carbonyl (C=O) groups excluding carboxylic acids is 1. The van der Waals surface area contributed by atoms with Crippen LogP contribution in [0.15, 0.2) is 0 Å². The first-order valence-electron chi connectivity index (χ1n) is 9.78. The van der Waals surface area contributed by atoms with Crippen LogP contribution in [-0.2, 0) is 10.0 Å². The average molecular weight is 423 g/mol. The molecule has 2 aromatic heterocycles. The van der Waals surface area contributed by atoms with Gasteiger partial charge in [0.1, 0.15) is 10.7 Å². The number of nitrogens with zero attached hydrogens (tertiary/aromatic N) is 3. The van der Waals surface area contributed by atoms with Crippen molar-refractivity contribution in [2.75, 3.05) is 19.3 Å². The Morgan fingerprint density at radius 2 is 1.96 bits per heavy atom. The van der Waals surface area contributed by atoms with E-state index in [0.717, 1.165) is 65.7 Å². The number of fused-ring (bicyclic) bond motifs is 1. The maximum atomic E-state index is 13.4. The van der Waals surface area contributed by atoms with Crippen LogP contribution in [0.3, 0.4) is 0 Å². The SMILES string of the molecule is Cc1nc(C2CC2)nc2sc(C(=O)N3CCCCC3CNS(C)(=O)=O)c(C)c12. The molecule has 0 spiro atoms. The Labute approximate surface area is 169 Å². The van der Waals surface area contributed by atoms with Crippen LogP contribution in [0.1, 0.15) is 64.8 Å². The lowest BCUT2D eigenvalue weighted by Crippen LogP contribution is -2.49. The van der Waals surface area contributed by atoms with Gasteiger partial charge in [0.15, 0.2) is 0 Å². The molecule has 3 heterocycles. The van der Waals surface area contributed by atoms with Gasteiger partial charge in [-0.1, -0.05) is 0 Å². The maximum absolute atomic E-state index is 13.4. The number of aromatic nitrogens is 2. The van der Waals surface area contributed by atoms with Crippen molar-refractivity contribution in [3.05, 3.63) is 22.0 Å². The summed E-state index contributed by atoms with van der Waals surface area (Å²) in [7, 11) is -3.28. The minimum absolute atomic E-state index is 0.0205. The number of piperidine rings is 1. The second-order valence-corrected chi connectivity index (χ2v) is 10.8. The fourth-order valence-electron chi connectivity index (χ4n) is 3.95. The molecule has 152 valence electrons. The highest BCUT2D eigenvalue weighted by molar-refractivity contribution is 7.88. The van der Waals surface area contributed by atoms with E-state index in [4.69, 9.17) is 4.98 Å². The third-order valence-corrected chi connectivity index (χ3v) is 7.46. The highest BCUT2D eigenvalue weighted by atomic mass is 32.2. The Kier molecular flexibility index (Phi) is 5.18. The minimum atomic E-state index is -3.28. The number of hydrogen-bond acceptors (Lipinski definition) is 6. The van der Waals surface area contributed by atoms with Crippen molar-refractivity contribution in [2.45, 2.75) is 57.9 Å². The van der Waals surface area contributed by atoms with Crippen LogP contribution in [0.2, 0.25) is 0 Å². The van der Waals surface area contributed by atoms with Crippen LogP contribution < -0.4 is 4.72 Å². The van der Waals surface area contributed by atoms with Gasteiger partial charge in [-0.05, 0) is 51.5 Å². The van der Waals surface area contributed by atoms with Gasteiger partial charge < -0.3 is 4.90 Å². The van der Waals surface area contributed by atoms with Crippen molar-refractivity contribution in [3.63, 3.8) is 0 Å². The molecular weight excluding hydrogens is 396 g/mol. The first-order chi connectivity index (χ1) is 13.2. The summed E-state index contributed by atoms with van der Waals surface area (Å²) in [5, 5.41) is 0.987. The number of amides is 1. The first-order valence-corrected chi connectivity index (χ1v) is 12.5. The van der Waals surface area contributed by atoms with Crippen molar-refractivity contribution < 1.29 is 13.2 Å². The van der Waals surface area contributed by atoms with Crippen LogP contribution in [0.25, 0.3) is 10.2 Å². The van der Waals surface area contributed by atoms with E-state index in [9.17, 15) is 13.2 Å². The second kappa shape index (κ2) is 7.35. The molecule has 0 aromatic carbocycles. The number of carbonyl (C=O) groups is 1. The standard InChI is InChI=1S/C19H26N4O3S2/c1-11-15-12(2)21-17(13-7-8-13)22-18(15)27-16(11)19(24)23-9-5-4-6-14(23)10-20-28(3,25)26/h13-14,20H,4-10H2,1-3H3. The van der Waals surface area contributed by atoms with Gasteiger partial charge in [-0.25, -0.2) is 23.1 Å². The van der Waals surface area contributed by atoms with Gasteiger partial charge in [0.25, 0.3) is 5.91 Å². The number of likely N-dealkylation sites (tertiary alicyclic amines) is 1. The van der Waals surface area contributed by atoms with E-state index in [1.165, 1.54) is 11.3 Å². The Morgan fingerprint density at radius 3 is 2.64 bits per heavy atom. The van der Waals surface area contributed by atoms with Gasteiger partial charge in [0, 0.05) is 30.4 Å². The summed E-state index contributed by atoms with van der Waals surface area (Å²) in [6.45, 7) is 4.87. The van der Waals surface area contributed by atoms with Crippen LogP contribution >= 0.6 is 11.3 Å². The number of aryl methyl sites for hydroxylation is 2. The van der Waals surface area contributed by atoms with Crippen molar-refractivity contribution in [1.82, 2.24) is 19.6 Å². The molecule has 1 amide bonds. The molecule has 7 nitrogen and oxygen atoms in total. The molecule has 2 aliphatic rings. The smallest absolute Gasteiger partial charge is 0.264 e. The molecule has 9 heteroatoms. The third kappa shape index (κ3) is 3.92. The van der Waals surface area contributed by atoms with E-state index in [0.29, 0.717) is 17.3 Å². The highest BCUT2D eigenvalue weighted by Crippen LogP contribution is 2.40. The zero-order valence-electron chi connectivity index (χ0n) is 16.5. The van der Waals surface area contributed by atoms with Crippen molar-refractivity contribution in [3.8, 4) is 0 Å². The van der Waals surface area contributed by atoms with Crippen LogP contribution in [0.4, 0.5) is 0 Å². The lowest BCUT2D eigenvalue weighted by molar-refractivity contribution is 0.0623. The number of rotatable bonds is 5. The van der Waals surface area contributed by atoms with Gasteiger partial charge in [-0.3, -0.25) is 4.79 Å². The molecule has 2 aromatic rings. The predicted molar refractivity (Wildman–Crippen MR) is 110 cm³/mol. The summed E-state index contributed by atoms with van der Waals surface area (Å²) < 4.78 is 25.6. The van der Waals surface area contributed by atoms with E-state index in [-0.39, 0.29) is 18.5 Å². The molecule has 1 N–H and O–H groups in total. The first kappa shape index (κ1) is 19.7. The average Bonchev–Trinajstić information content (AvgIpc) is 3.43. The van der Waals surface area contributed by atoms with E-state index in [1.807, 2.05) is 18.7 Å². The molecule has 1 saturated heterocycles. The molecule has 28 heavy (non-hydrogen) atoms. The molecule has 2 fully saturated rings. The van der Waals surface area contributed by atoms with Crippen LogP contribution in [0, 0.1) is 13.8 Å². The van der Waals surface area contributed by atoms with Gasteiger partial charge in [-0.2, -0.15) is 0 Å². The van der Waals surface area contributed by atoms with Gasteiger partial charge in [0.2, 0.25) is 10.0 Å². The normalized spacial score (nSPS) is 20.7. The van der Waals surface area contributed by atoms with E-state index in [2.05, 4.69) is 9.71 Å². The molecule has 4 rings (SSSR count). The van der Waals surface area contributed by atoms with Crippen molar-refractivity contribution >= 4 is 37.5 Å². The highest BCUT2D eigenvalue weighted by Gasteiger charge is 2.32. The molecule has 0 bridgehead atoms. The molecule has 1 aliphatic heterocycles. The quantitative estimate of drug-likeness (QED) is 0.800. The Balaban J connectivity index is 1.65. The molecular formula is C19H26N4O3S2. The minimum Gasteiger partial charge on any atom is -0.334 e. The molecule has 1 unspecified atom stereocenters. The van der Waals surface area contributed by atoms with E-state index >= 15 is 0 Å². The summed E-state index contributed by atoms with van der Waals surface area (Å²) in [4.78, 5) is 26.2. The lowest BCUT2D eigenvalue weighted by Gasteiger charge is -2.35. The maximum Gasteiger partial charge on any atom is 0.264 e. The zero-order chi connectivity index (χ0) is 20.1. The lowest BCUT2D eigenvalue weighted by atomic mass is 10.0. The number of nitrogens with one attached hydrogen (secondary N) is 1. The molecule has 1 saturated carbocycles.